The Morgan fingerprint density at radius 3 is 2.41 bits per heavy atom. The monoisotopic (exact) mass is 316 g/mol. The van der Waals surface area contributed by atoms with Crippen LogP contribution in [-0.4, -0.2) is 13.2 Å². The molecule has 0 amide bonds. The molecule has 1 unspecified atom stereocenters. The van der Waals surface area contributed by atoms with E-state index in [-0.39, 0.29) is 5.38 Å². The Kier molecular flexibility index (Phi) is 3.22. The van der Waals surface area contributed by atoms with Crippen molar-refractivity contribution in [3.05, 3.63) is 22.2 Å². The van der Waals surface area contributed by atoms with Gasteiger partial charge in [-0.25, -0.2) is 0 Å². The van der Waals surface area contributed by atoms with Crippen molar-refractivity contribution in [3.8, 4) is 11.5 Å². The van der Waals surface area contributed by atoms with Crippen LogP contribution in [-0.2, 0) is 0 Å². The minimum Gasteiger partial charge on any atom is -0.486 e. The number of benzene rings is 1. The lowest BCUT2D eigenvalue weighted by Gasteiger charge is -2.31. The summed E-state index contributed by atoms with van der Waals surface area (Å²) in [6.45, 7) is 1.23. The molecule has 0 bridgehead atoms. The first-order chi connectivity index (χ1) is 8.25. The second-order valence-electron chi connectivity index (χ2n) is 4.61. The Balaban J connectivity index is 1.92. The fourth-order valence-electron chi connectivity index (χ4n) is 2.28. The van der Waals surface area contributed by atoms with Gasteiger partial charge in [0.25, 0.3) is 0 Å². The highest BCUT2D eigenvalue weighted by Crippen LogP contribution is 2.46. The zero-order chi connectivity index (χ0) is 11.8. The first-order valence-corrected chi connectivity index (χ1v) is 7.22. The van der Waals surface area contributed by atoms with Gasteiger partial charge in [-0.2, -0.15) is 0 Å². The van der Waals surface area contributed by atoms with E-state index in [2.05, 4.69) is 15.9 Å². The minimum atomic E-state index is 0.0777. The molecule has 92 valence electrons. The number of hydrogen-bond acceptors (Lipinski definition) is 2. The van der Waals surface area contributed by atoms with Crippen LogP contribution in [0.15, 0.2) is 16.6 Å². The summed E-state index contributed by atoms with van der Waals surface area (Å²) in [6, 6.07) is 3.99. The molecule has 0 aromatic heterocycles. The van der Waals surface area contributed by atoms with E-state index < -0.39 is 0 Å². The third-order valence-electron chi connectivity index (χ3n) is 3.52. The lowest BCUT2D eigenvalue weighted by Crippen LogP contribution is -2.18. The molecule has 17 heavy (non-hydrogen) atoms. The van der Waals surface area contributed by atoms with Crippen molar-refractivity contribution in [3.63, 3.8) is 0 Å². The topological polar surface area (TPSA) is 18.5 Å². The average molecular weight is 318 g/mol. The summed E-state index contributed by atoms with van der Waals surface area (Å²) in [5.41, 5.74) is 1.13. The number of halogens is 2. The van der Waals surface area contributed by atoms with Crippen molar-refractivity contribution < 1.29 is 9.47 Å². The molecule has 0 radical (unpaired) electrons. The molecule has 1 aromatic rings. The average Bonchev–Trinajstić information content (AvgIpc) is 2.25. The van der Waals surface area contributed by atoms with Crippen molar-refractivity contribution in [2.75, 3.05) is 13.2 Å². The first-order valence-electron chi connectivity index (χ1n) is 5.99. The van der Waals surface area contributed by atoms with Crippen LogP contribution in [0, 0.1) is 5.92 Å². The number of alkyl halides is 1. The summed E-state index contributed by atoms with van der Waals surface area (Å²) in [4.78, 5) is 0. The fraction of sp³-hybridized carbons (Fsp3) is 0.538. The summed E-state index contributed by atoms with van der Waals surface area (Å²) in [5.74, 6) is 2.24. The number of fused-ring (bicyclic) bond motifs is 1. The van der Waals surface area contributed by atoms with E-state index in [0.717, 1.165) is 21.5 Å². The van der Waals surface area contributed by atoms with Gasteiger partial charge in [0.2, 0.25) is 0 Å². The van der Waals surface area contributed by atoms with E-state index in [1.165, 1.54) is 19.3 Å². The summed E-state index contributed by atoms with van der Waals surface area (Å²) in [5, 5.41) is 0.0777. The van der Waals surface area contributed by atoms with Gasteiger partial charge in [-0.3, -0.25) is 0 Å². The Morgan fingerprint density at radius 2 is 1.82 bits per heavy atom. The van der Waals surface area contributed by atoms with E-state index >= 15 is 0 Å². The highest BCUT2D eigenvalue weighted by Gasteiger charge is 2.29. The van der Waals surface area contributed by atoms with Crippen molar-refractivity contribution in [1.82, 2.24) is 0 Å². The van der Waals surface area contributed by atoms with Gasteiger partial charge in [0.15, 0.2) is 11.5 Å². The second-order valence-corrected chi connectivity index (χ2v) is 5.93. The first kappa shape index (κ1) is 11.7. The molecule has 1 aliphatic carbocycles. The molecule has 4 heteroatoms. The number of rotatable bonds is 2. The molecular formula is C13H14BrClO2. The maximum Gasteiger partial charge on any atom is 0.162 e. The highest BCUT2D eigenvalue weighted by atomic mass is 79.9. The molecule has 1 fully saturated rings. The lowest BCUT2D eigenvalue weighted by molar-refractivity contribution is 0.171. The van der Waals surface area contributed by atoms with E-state index in [0.29, 0.717) is 19.1 Å². The van der Waals surface area contributed by atoms with E-state index in [1.807, 2.05) is 12.1 Å². The van der Waals surface area contributed by atoms with Gasteiger partial charge in [-0.15, -0.1) is 11.6 Å². The molecule has 1 atom stereocenters. The van der Waals surface area contributed by atoms with Crippen LogP contribution in [0.2, 0.25) is 0 Å². The van der Waals surface area contributed by atoms with Crippen LogP contribution < -0.4 is 9.47 Å². The van der Waals surface area contributed by atoms with Gasteiger partial charge in [0, 0.05) is 4.47 Å². The largest absolute Gasteiger partial charge is 0.486 e. The zero-order valence-electron chi connectivity index (χ0n) is 9.42. The second kappa shape index (κ2) is 4.69. The summed E-state index contributed by atoms with van der Waals surface area (Å²) in [6.07, 6.45) is 3.76. The van der Waals surface area contributed by atoms with Crippen molar-refractivity contribution in [1.29, 1.82) is 0 Å². The summed E-state index contributed by atoms with van der Waals surface area (Å²) in [7, 11) is 0. The normalized spacial score (nSPS) is 20.8. The highest BCUT2D eigenvalue weighted by molar-refractivity contribution is 9.10. The van der Waals surface area contributed by atoms with Gasteiger partial charge in [0.05, 0.1) is 5.38 Å². The Hall–Kier alpha value is -0.410. The predicted molar refractivity (Wildman–Crippen MR) is 71.1 cm³/mol. The smallest absolute Gasteiger partial charge is 0.162 e. The van der Waals surface area contributed by atoms with Gasteiger partial charge in [-0.1, -0.05) is 22.4 Å². The SMILES string of the molecule is ClC(c1cc2c(cc1Br)OCCO2)C1CCC1. The maximum absolute atomic E-state index is 6.53. The van der Waals surface area contributed by atoms with Gasteiger partial charge in [0.1, 0.15) is 13.2 Å². The molecule has 0 N–H and O–H groups in total. The van der Waals surface area contributed by atoms with Crippen LogP contribution in [0.5, 0.6) is 11.5 Å². The molecule has 1 aromatic carbocycles. The fourth-order valence-corrected chi connectivity index (χ4v) is 3.41. The van der Waals surface area contributed by atoms with E-state index in [4.69, 9.17) is 21.1 Å². The van der Waals surface area contributed by atoms with Crippen molar-refractivity contribution >= 4 is 27.5 Å². The molecule has 0 saturated heterocycles. The van der Waals surface area contributed by atoms with Gasteiger partial charge in [-0.05, 0) is 36.5 Å². The minimum absolute atomic E-state index is 0.0777. The zero-order valence-corrected chi connectivity index (χ0v) is 11.8. The molecular weight excluding hydrogens is 303 g/mol. The van der Waals surface area contributed by atoms with Crippen LogP contribution in [0.1, 0.15) is 30.2 Å². The number of ether oxygens (including phenoxy) is 2. The lowest BCUT2D eigenvalue weighted by atomic mass is 9.80. The summed E-state index contributed by atoms with van der Waals surface area (Å²) >= 11 is 10.1. The van der Waals surface area contributed by atoms with Gasteiger partial charge < -0.3 is 9.47 Å². The van der Waals surface area contributed by atoms with Crippen LogP contribution in [0.3, 0.4) is 0 Å². The summed E-state index contributed by atoms with van der Waals surface area (Å²) < 4.78 is 12.2. The number of hydrogen-bond donors (Lipinski definition) is 0. The molecule has 1 saturated carbocycles. The van der Waals surface area contributed by atoms with Crippen molar-refractivity contribution in [2.45, 2.75) is 24.6 Å². The van der Waals surface area contributed by atoms with Crippen LogP contribution in [0.4, 0.5) is 0 Å². The Bertz CT molecular complexity index is 432. The predicted octanol–water partition coefficient (Wildman–Crippen LogP) is 4.30. The maximum atomic E-state index is 6.53. The van der Waals surface area contributed by atoms with Crippen molar-refractivity contribution in [2.24, 2.45) is 5.92 Å². The Morgan fingerprint density at radius 1 is 1.18 bits per heavy atom. The third-order valence-corrected chi connectivity index (χ3v) is 4.80. The standard InChI is InChI=1S/C13H14BrClO2/c14-10-7-12-11(16-4-5-17-12)6-9(10)13(15)8-2-1-3-8/h6-8,13H,1-5H2. The molecule has 2 nitrogen and oxygen atoms in total. The third kappa shape index (κ3) is 2.15. The van der Waals surface area contributed by atoms with Crippen LogP contribution >= 0.6 is 27.5 Å². The molecule has 3 rings (SSSR count). The van der Waals surface area contributed by atoms with E-state index in [1.54, 1.807) is 0 Å². The van der Waals surface area contributed by atoms with E-state index in [9.17, 15) is 0 Å². The Labute approximate surface area is 114 Å². The van der Waals surface area contributed by atoms with Crippen LogP contribution in [0.25, 0.3) is 0 Å². The molecule has 1 aliphatic heterocycles. The quantitative estimate of drug-likeness (QED) is 0.757. The molecule has 0 spiro atoms. The molecule has 1 heterocycles. The molecule has 2 aliphatic rings. The van der Waals surface area contributed by atoms with Gasteiger partial charge >= 0.3 is 0 Å².